The van der Waals surface area contributed by atoms with E-state index in [1.54, 1.807) is 6.07 Å². The van der Waals surface area contributed by atoms with Gasteiger partial charge < -0.3 is 5.73 Å². The van der Waals surface area contributed by atoms with Crippen molar-refractivity contribution in [2.75, 3.05) is 0 Å². The first-order valence-electron chi connectivity index (χ1n) is 6.67. The standard InChI is InChI=1S/C17H14Cl2N2/c18-15-6-5-11(7-16(15)19)8-17(20)14-10-21-9-12-3-1-2-4-13(12)14/h1-7,9-10,17H,8,20H2. The Morgan fingerprint density at radius 2 is 1.81 bits per heavy atom. The smallest absolute Gasteiger partial charge is 0.0595 e. The van der Waals surface area contributed by atoms with Gasteiger partial charge in [0.25, 0.3) is 0 Å². The summed E-state index contributed by atoms with van der Waals surface area (Å²) in [6.07, 6.45) is 4.38. The minimum absolute atomic E-state index is 0.138. The van der Waals surface area contributed by atoms with E-state index in [-0.39, 0.29) is 6.04 Å². The van der Waals surface area contributed by atoms with E-state index in [0.717, 1.165) is 21.9 Å². The zero-order valence-corrected chi connectivity index (χ0v) is 12.8. The van der Waals surface area contributed by atoms with Crippen LogP contribution in [0.25, 0.3) is 10.8 Å². The average Bonchev–Trinajstić information content (AvgIpc) is 2.50. The van der Waals surface area contributed by atoms with Crippen molar-refractivity contribution in [3.63, 3.8) is 0 Å². The maximum atomic E-state index is 6.37. The summed E-state index contributed by atoms with van der Waals surface area (Å²) >= 11 is 12.0. The first-order chi connectivity index (χ1) is 10.1. The molecule has 21 heavy (non-hydrogen) atoms. The summed E-state index contributed by atoms with van der Waals surface area (Å²) in [5, 5.41) is 3.35. The van der Waals surface area contributed by atoms with E-state index >= 15 is 0 Å². The Bertz CT molecular complexity index is 781. The highest BCUT2D eigenvalue weighted by Gasteiger charge is 2.12. The minimum Gasteiger partial charge on any atom is -0.324 e. The van der Waals surface area contributed by atoms with Gasteiger partial charge in [0, 0.05) is 23.8 Å². The molecule has 2 aromatic carbocycles. The van der Waals surface area contributed by atoms with Gasteiger partial charge in [0.05, 0.1) is 10.0 Å². The first kappa shape index (κ1) is 14.3. The van der Waals surface area contributed by atoms with Gasteiger partial charge in [-0.2, -0.15) is 0 Å². The van der Waals surface area contributed by atoms with E-state index in [9.17, 15) is 0 Å². The zero-order valence-electron chi connectivity index (χ0n) is 11.3. The Labute approximate surface area is 133 Å². The van der Waals surface area contributed by atoms with Gasteiger partial charge in [0.15, 0.2) is 0 Å². The Kier molecular flexibility index (Phi) is 4.11. The molecule has 2 nitrogen and oxygen atoms in total. The predicted molar refractivity (Wildman–Crippen MR) is 88.8 cm³/mol. The van der Waals surface area contributed by atoms with Crippen molar-refractivity contribution in [1.82, 2.24) is 4.98 Å². The van der Waals surface area contributed by atoms with Crippen LogP contribution in [-0.4, -0.2) is 4.98 Å². The summed E-state index contributed by atoms with van der Waals surface area (Å²) in [5.41, 5.74) is 8.47. The first-order valence-corrected chi connectivity index (χ1v) is 7.43. The predicted octanol–water partition coefficient (Wildman–Crippen LogP) is 4.78. The molecule has 0 bridgehead atoms. The monoisotopic (exact) mass is 316 g/mol. The summed E-state index contributed by atoms with van der Waals surface area (Å²) < 4.78 is 0. The number of fused-ring (bicyclic) bond motifs is 1. The Balaban J connectivity index is 1.93. The van der Waals surface area contributed by atoms with Gasteiger partial charge in [-0.1, -0.05) is 53.5 Å². The van der Waals surface area contributed by atoms with Gasteiger partial charge >= 0.3 is 0 Å². The molecule has 2 N–H and O–H groups in total. The van der Waals surface area contributed by atoms with Crippen LogP contribution in [0, 0.1) is 0 Å². The van der Waals surface area contributed by atoms with Crippen LogP contribution in [-0.2, 0) is 6.42 Å². The molecule has 1 aromatic heterocycles. The molecule has 3 rings (SSSR count). The van der Waals surface area contributed by atoms with Crippen LogP contribution in [0.1, 0.15) is 17.2 Å². The Morgan fingerprint density at radius 3 is 2.62 bits per heavy atom. The molecule has 106 valence electrons. The molecule has 0 spiro atoms. The highest BCUT2D eigenvalue weighted by Crippen LogP contribution is 2.27. The maximum absolute atomic E-state index is 6.37. The van der Waals surface area contributed by atoms with Crippen LogP contribution in [0.2, 0.25) is 10.0 Å². The van der Waals surface area contributed by atoms with Crippen molar-refractivity contribution >= 4 is 34.0 Å². The summed E-state index contributed by atoms with van der Waals surface area (Å²) in [6.45, 7) is 0. The van der Waals surface area contributed by atoms with Gasteiger partial charge in [-0.05, 0) is 35.1 Å². The van der Waals surface area contributed by atoms with Gasteiger partial charge in [-0.15, -0.1) is 0 Å². The number of hydrogen-bond acceptors (Lipinski definition) is 2. The zero-order chi connectivity index (χ0) is 14.8. The normalized spacial score (nSPS) is 12.5. The van der Waals surface area contributed by atoms with Crippen LogP contribution < -0.4 is 5.73 Å². The number of nitrogens with two attached hydrogens (primary N) is 1. The third-order valence-corrected chi connectivity index (χ3v) is 4.28. The maximum Gasteiger partial charge on any atom is 0.0595 e. The third-order valence-electron chi connectivity index (χ3n) is 3.54. The van der Waals surface area contributed by atoms with Crippen molar-refractivity contribution in [1.29, 1.82) is 0 Å². The largest absolute Gasteiger partial charge is 0.324 e. The molecule has 1 unspecified atom stereocenters. The lowest BCUT2D eigenvalue weighted by Crippen LogP contribution is -2.14. The van der Waals surface area contributed by atoms with E-state index in [1.807, 2.05) is 42.7 Å². The second kappa shape index (κ2) is 6.02. The highest BCUT2D eigenvalue weighted by molar-refractivity contribution is 6.42. The van der Waals surface area contributed by atoms with Gasteiger partial charge in [-0.25, -0.2) is 0 Å². The Morgan fingerprint density at radius 1 is 1.00 bits per heavy atom. The SMILES string of the molecule is NC(Cc1ccc(Cl)c(Cl)c1)c1cncc2ccccc12. The minimum atomic E-state index is -0.138. The van der Waals surface area contributed by atoms with Crippen LogP contribution >= 0.6 is 23.2 Å². The lowest BCUT2D eigenvalue weighted by Gasteiger charge is -2.14. The molecule has 0 aliphatic carbocycles. The molecule has 0 saturated carbocycles. The van der Waals surface area contributed by atoms with E-state index in [2.05, 4.69) is 11.1 Å². The lowest BCUT2D eigenvalue weighted by atomic mass is 9.97. The summed E-state index contributed by atoms with van der Waals surface area (Å²) in [4.78, 5) is 4.28. The molecule has 0 amide bonds. The molecule has 0 saturated heterocycles. The highest BCUT2D eigenvalue weighted by atomic mass is 35.5. The number of rotatable bonds is 3. The van der Waals surface area contributed by atoms with Crippen LogP contribution in [0.3, 0.4) is 0 Å². The second-order valence-corrected chi connectivity index (χ2v) is 5.82. The van der Waals surface area contributed by atoms with Crippen LogP contribution in [0.4, 0.5) is 0 Å². The summed E-state index contributed by atoms with van der Waals surface area (Å²) in [5.74, 6) is 0. The number of hydrogen-bond donors (Lipinski definition) is 1. The molecule has 4 heteroatoms. The summed E-state index contributed by atoms with van der Waals surface area (Å²) in [7, 11) is 0. The molecule has 0 fully saturated rings. The fourth-order valence-corrected chi connectivity index (χ4v) is 2.79. The molecule has 1 heterocycles. The molecular weight excluding hydrogens is 303 g/mol. The van der Waals surface area contributed by atoms with E-state index in [4.69, 9.17) is 28.9 Å². The Hall–Kier alpha value is -1.61. The fraction of sp³-hybridized carbons (Fsp3) is 0.118. The van der Waals surface area contributed by atoms with Crippen LogP contribution in [0.5, 0.6) is 0 Å². The van der Waals surface area contributed by atoms with Crippen molar-refractivity contribution in [2.45, 2.75) is 12.5 Å². The lowest BCUT2D eigenvalue weighted by molar-refractivity contribution is 0.725. The number of nitrogens with zero attached hydrogens (tertiary/aromatic N) is 1. The van der Waals surface area contributed by atoms with Gasteiger partial charge in [-0.3, -0.25) is 4.98 Å². The third kappa shape index (κ3) is 3.03. The molecule has 0 aliphatic rings. The molecule has 0 aliphatic heterocycles. The van der Waals surface area contributed by atoms with Crippen molar-refractivity contribution in [3.8, 4) is 0 Å². The van der Waals surface area contributed by atoms with E-state index in [1.165, 1.54) is 0 Å². The molecule has 0 radical (unpaired) electrons. The molecular formula is C17H14Cl2N2. The van der Waals surface area contributed by atoms with Gasteiger partial charge in [0.2, 0.25) is 0 Å². The van der Waals surface area contributed by atoms with E-state index in [0.29, 0.717) is 16.5 Å². The van der Waals surface area contributed by atoms with Crippen molar-refractivity contribution < 1.29 is 0 Å². The van der Waals surface area contributed by atoms with E-state index < -0.39 is 0 Å². The number of benzene rings is 2. The number of pyridine rings is 1. The molecule has 3 aromatic rings. The van der Waals surface area contributed by atoms with Crippen LogP contribution in [0.15, 0.2) is 54.9 Å². The molecule has 1 atom stereocenters. The average molecular weight is 317 g/mol. The second-order valence-electron chi connectivity index (χ2n) is 5.01. The quantitative estimate of drug-likeness (QED) is 0.755. The topological polar surface area (TPSA) is 38.9 Å². The number of halogens is 2. The fourth-order valence-electron chi connectivity index (χ4n) is 2.47. The van der Waals surface area contributed by atoms with Crippen molar-refractivity contribution in [2.24, 2.45) is 5.73 Å². The number of aromatic nitrogens is 1. The summed E-state index contributed by atoms with van der Waals surface area (Å²) in [6, 6.07) is 13.6. The van der Waals surface area contributed by atoms with Gasteiger partial charge in [0.1, 0.15) is 0 Å². The van der Waals surface area contributed by atoms with Crippen molar-refractivity contribution in [3.05, 3.63) is 76.0 Å².